The number of thiophene rings is 1. The quantitative estimate of drug-likeness (QED) is 0.560. The molecular weight excluding hydrogens is 386 g/mol. The smallest absolute Gasteiger partial charge is 0.260 e. The van der Waals surface area contributed by atoms with Crippen LogP contribution in [0.4, 0.5) is 0 Å². The number of ether oxygens (including phenoxy) is 1. The maximum absolute atomic E-state index is 12.8. The van der Waals surface area contributed by atoms with E-state index in [-0.39, 0.29) is 5.56 Å². The Hall–Kier alpha value is -2.06. The molecule has 0 spiro atoms. The first-order chi connectivity index (χ1) is 13.8. The summed E-state index contributed by atoms with van der Waals surface area (Å²) in [5.41, 5.74) is 2.98. The van der Waals surface area contributed by atoms with E-state index in [9.17, 15) is 9.90 Å². The molecule has 6 nitrogen and oxygen atoms in total. The Kier molecular flexibility index (Phi) is 7.18. The molecule has 0 amide bonds. The maximum atomic E-state index is 12.8. The molecular formula is C22H29N3O3S. The predicted molar refractivity (Wildman–Crippen MR) is 118 cm³/mol. The molecule has 0 aliphatic rings. The number of aromatic nitrogens is 2. The molecule has 0 aliphatic heterocycles. The summed E-state index contributed by atoms with van der Waals surface area (Å²) in [7, 11) is 1.89. The molecule has 7 heteroatoms. The van der Waals surface area contributed by atoms with Crippen molar-refractivity contribution in [3.05, 3.63) is 51.4 Å². The molecule has 1 atom stereocenters. The van der Waals surface area contributed by atoms with E-state index in [1.54, 1.807) is 0 Å². The number of hydrogen-bond donors (Lipinski definition) is 2. The van der Waals surface area contributed by atoms with Crippen molar-refractivity contribution in [2.24, 2.45) is 5.92 Å². The Bertz CT molecular complexity index is 1010. The lowest BCUT2D eigenvalue weighted by atomic mass is 10.0. The third kappa shape index (κ3) is 5.51. The van der Waals surface area contributed by atoms with Crippen LogP contribution in [0, 0.1) is 12.8 Å². The third-order valence-electron chi connectivity index (χ3n) is 4.63. The first-order valence-corrected chi connectivity index (χ1v) is 10.7. The summed E-state index contributed by atoms with van der Waals surface area (Å²) in [6.45, 7) is 8.02. The van der Waals surface area contributed by atoms with E-state index in [0.29, 0.717) is 43.4 Å². The van der Waals surface area contributed by atoms with E-state index in [1.165, 1.54) is 11.3 Å². The highest BCUT2D eigenvalue weighted by molar-refractivity contribution is 7.17. The molecule has 3 rings (SSSR count). The summed E-state index contributed by atoms with van der Waals surface area (Å²) in [5.74, 6) is 1.04. The minimum absolute atomic E-state index is 0.126. The van der Waals surface area contributed by atoms with Crippen LogP contribution in [0.1, 0.15) is 25.2 Å². The molecule has 156 valence electrons. The molecule has 29 heavy (non-hydrogen) atoms. The fourth-order valence-electron chi connectivity index (χ4n) is 3.31. The van der Waals surface area contributed by atoms with Gasteiger partial charge in [0.1, 0.15) is 10.7 Å². The number of rotatable bonds is 9. The summed E-state index contributed by atoms with van der Waals surface area (Å²) in [5, 5.41) is 12.8. The summed E-state index contributed by atoms with van der Waals surface area (Å²) >= 11 is 1.48. The fourth-order valence-corrected chi connectivity index (χ4v) is 4.27. The molecule has 2 aromatic heterocycles. The van der Waals surface area contributed by atoms with Crippen molar-refractivity contribution in [2.75, 3.05) is 26.8 Å². The highest BCUT2D eigenvalue weighted by Crippen LogP contribution is 2.32. The van der Waals surface area contributed by atoms with Gasteiger partial charge in [0, 0.05) is 24.1 Å². The summed E-state index contributed by atoms with van der Waals surface area (Å²) in [6, 6.07) is 8.04. The number of nitrogens with one attached hydrogen (secondary N) is 1. The van der Waals surface area contributed by atoms with Crippen molar-refractivity contribution in [3.63, 3.8) is 0 Å². The number of H-pyrrole nitrogens is 1. The second-order valence-corrected chi connectivity index (χ2v) is 8.80. The van der Waals surface area contributed by atoms with Crippen LogP contribution in [-0.2, 0) is 11.3 Å². The van der Waals surface area contributed by atoms with Gasteiger partial charge < -0.3 is 14.8 Å². The minimum atomic E-state index is -0.580. The standard InChI is InChI=1S/C22H29N3O3S/c1-14(2)11-28-12-16(26)9-25(4)10-19-23-21(27)20-18(13-29-22(20)24-19)17-8-6-5-7-15(17)3/h5-8,13-14,16,26H,9-12H2,1-4H3,(H,23,24,27). The van der Waals surface area contributed by atoms with E-state index < -0.39 is 6.10 Å². The Labute approximate surface area is 175 Å². The number of aromatic amines is 1. The van der Waals surface area contributed by atoms with Gasteiger partial charge in [-0.3, -0.25) is 9.69 Å². The number of aryl methyl sites for hydroxylation is 1. The van der Waals surface area contributed by atoms with Crippen LogP contribution in [-0.4, -0.2) is 52.9 Å². The van der Waals surface area contributed by atoms with Crippen LogP contribution in [0.3, 0.4) is 0 Å². The SMILES string of the molecule is Cc1ccccc1-c1csc2nc(CN(C)CC(O)COCC(C)C)[nH]c(=O)c12. The Morgan fingerprint density at radius 2 is 2.00 bits per heavy atom. The number of aliphatic hydroxyl groups excluding tert-OH is 1. The Morgan fingerprint density at radius 3 is 2.72 bits per heavy atom. The fraction of sp³-hybridized carbons (Fsp3) is 0.455. The van der Waals surface area contributed by atoms with Crippen molar-refractivity contribution in [2.45, 2.75) is 33.4 Å². The number of benzene rings is 1. The van der Waals surface area contributed by atoms with Crippen molar-refractivity contribution >= 4 is 21.6 Å². The molecule has 0 saturated heterocycles. The van der Waals surface area contributed by atoms with Gasteiger partial charge in [0.05, 0.1) is 24.6 Å². The number of fused-ring (bicyclic) bond motifs is 1. The minimum Gasteiger partial charge on any atom is -0.389 e. The summed E-state index contributed by atoms with van der Waals surface area (Å²) in [4.78, 5) is 23.0. The average Bonchev–Trinajstić information content (AvgIpc) is 3.05. The Morgan fingerprint density at radius 1 is 1.24 bits per heavy atom. The molecule has 0 bridgehead atoms. The molecule has 3 aromatic rings. The molecule has 0 radical (unpaired) electrons. The van der Waals surface area contributed by atoms with Gasteiger partial charge in [-0.05, 0) is 31.0 Å². The highest BCUT2D eigenvalue weighted by atomic mass is 32.1. The van der Waals surface area contributed by atoms with Gasteiger partial charge in [0.2, 0.25) is 0 Å². The van der Waals surface area contributed by atoms with Crippen LogP contribution >= 0.6 is 11.3 Å². The molecule has 0 saturated carbocycles. The van der Waals surface area contributed by atoms with E-state index in [4.69, 9.17) is 4.74 Å². The molecule has 0 aliphatic carbocycles. The number of hydrogen-bond acceptors (Lipinski definition) is 6. The lowest BCUT2D eigenvalue weighted by molar-refractivity contribution is 0.0106. The third-order valence-corrected chi connectivity index (χ3v) is 5.50. The Balaban J connectivity index is 1.72. The van der Waals surface area contributed by atoms with Gasteiger partial charge in [0.15, 0.2) is 0 Å². The predicted octanol–water partition coefficient (Wildman–Crippen LogP) is 3.43. The van der Waals surface area contributed by atoms with Gasteiger partial charge in [-0.1, -0.05) is 38.1 Å². The van der Waals surface area contributed by atoms with Crippen LogP contribution < -0.4 is 5.56 Å². The van der Waals surface area contributed by atoms with Crippen LogP contribution in [0.2, 0.25) is 0 Å². The normalized spacial score (nSPS) is 12.9. The monoisotopic (exact) mass is 415 g/mol. The van der Waals surface area contributed by atoms with Crippen LogP contribution in [0.15, 0.2) is 34.4 Å². The second kappa shape index (κ2) is 9.63. The van der Waals surface area contributed by atoms with Crippen molar-refractivity contribution < 1.29 is 9.84 Å². The lowest BCUT2D eigenvalue weighted by Gasteiger charge is -2.20. The van der Waals surface area contributed by atoms with E-state index in [1.807, 2.05) is 48.5 Å². The van der Waals surface area contributed by atoms with Crippen LogP contribution in [0.25, 0.3) is 21.3 Å². The zero-order valence-electron chi connectivity index (χ0n) is 17.4. The van der Waals surface area contributed by atoms with Gasteiger partial charge in [-0.15, -0.1) is 11.3 Å². The molecule has 1 unspecified atom stereocenters. The van der Waals surface area contributed by atoms with Crippen molar-refractivity contribution in [3.8, 4) is 11.1 Å². The number of nitrogens with zero attached hydrogens (tertiary/aromatic N) is 2. The molecule has 1 aromatic carbocycles. The molecule has 0 fully saturated rings. The number of likely N-dealkylation sites (N-methyl/N-ethyl adjacent to an activating group) is 1. The lowest BCUT2D eigenvalue weighted by Crippen LogP contribution is -2.33. The average molecular weight is 416 g/mol. The van der Waals surface area contributed by atoms with Gasteiger partial charge >= 0.3 is 0 Å². The zero-order chi connectivity index (χ0) is 21.0. The van der Waals surface area contributed by atoms with E-state index in [2.05, 4.69) is 23.8 Å². The zero-order valence-corrected chi connectivity index (χ0v) is 18.3. The van der Waals surface area contributed by atoms with Crippen LogP contribution in [0.5, 0.6) is 0 Å². The number of aliphatic hydroxyl groups is 1. The first kappa shape index (κ1) is 21.6. The van der Waals surface area contributed by atoms with Gasteiger partial charge in [0.25, 0.3) is 5.56 Å². The highest BCUT2D eigenvalue weighted by Gasteiger charge is 2.16. The summed E-state index contributed by atoms with van der Waals surface area (Å²) < 4.78 is 5.49. The van der Waals surface area contributed by atoms with E-state index in [0.717, 1.165) is 21.5 Å². The van der Waals surface area contributed by atoms with Gasteiger partial charge in [-0.25, -0.2) is 4.98 Å². The van der Waals surface area contributed by atoms with Crippen molar-refractivity contribution in [1.29, 1.82) is 0 Å². The van der Waals surface area contributed by atoms with E-state index >= 15 is 0 Å². The first-order valence-electron chi connectivity index (χ1n) is 9.86. The largest absolute Gasteiger partial charge is 0.389 e. The van der Waals surface area contributed by atoms with Gasteiger partial charge in [-0.2, -0.15) is 0 Å². The topological polar surface area (TPSA) is 78.5 Å². The van der Waals surface area contributed by atoms with Crippen molar-refractivity contribution in [1.82, 2.24) is 14.9 Å². The molecule has 2 N–H and O–H groups in total. The maximum Gasteiger partial charge on any atom is 0.260 e. The molecule has 2 heterocycles. The summed E-state index contributed by atoms with van der Waals surface area (Å²) in [6.07, 6.45) is -0.580. The second-order valence-electron chi connectivity index (χ2n) is 7.94.